The molecule has 0 aliphatic heterocycles. The fraction of sp³-hybridized carbons (Fsp3) is 0.769. The van der Waals surface area contributed by atoms with Crippen molar-refractivity contribution < 1.29 is 8.42 Å². The Labute approximate surface area is 116 Å². The lowest BCUT2D eigenvalue weighted by atomic mass is 10.0. The van der Waals surface area contributed by atoms with Crippen LogP contribution in [0.3, 0.4) is 0 Å². The number of sulfonamides is 1. The molecule has 0 unspecified atom stereocenters. The zero-order valence-corrected chi connectivity index (χ0v) is 13.1. The molecule has 0 bridgehead atoms. The Balaban J connectivity index is 2.79. The van der Waals surface area contributed by atoms with Gasteiger partial charge < -0.3 is 4.57 Å². The van der Waals surface area contributed by atoms with Gasteiger partial charge in [0.15, 0.2) is 5.03 Å². The lowest BCUT2D eigenvalue weighted by Gasteiger charge is -2.12. The van der Waals surface area contributed by atoms with Crippen LogP contribution in [0.4, 0.5) is 0 Å². The third kappa shape index (κ3) is 4.31. The number of hydrogen-bond acceptors (Lipinski definition) is 3. The smallest absolute Gasteiger partial charge is 0.259 e. The molecule has 0 radical (unpaired) electrons. The van der Waals surface area contributed by atoms with Crippen LogP contribution in [0.2, 0.25) is 0 Å². The maximum absolute atomic E-state index is 12.2. The lowest BCUT2D eigenvalue weighted by Crippen LogP contribution is -2.29. The number of rotatable bonds is 8. The summed E-state index contributed by atoms with van der Waals surface area (Å²) in [4.78, 5) is 4.14. The normalized spacial score (nSPS) is 12.3. The van der Waals surface area contributed by atoms with Gasteiger partial charge >= 0.3 is 0 Å². The number of nitrogens with one attached hydrogen (secondary N) is 1. The minimum absolute atomic E-state index is 0.129. The van der Waals surface area contributed by atoms with E-state index in [1.807, 2.05) is 11.5 Å². The summed E-state index contributed by atoms with van der Waals surface area (Å²) in [6, 6.07) is 0. The molecule has 1 rings (SSSR count). The summed E-state index contributed by atoms with van der Waals surface area (Å²) in [6.45, 7) is 9.30. The first-order valence-electron chi connectivity index (χ1n) is 6.98. The maximum Gasteiger partial charge on any atom is 0.259 e. The van der Waals surface area contributed by atoms with Crippen LogP contribution in [0.25, 0.3) is 0 Å². The summed E-state index contributed by atoms with van der Waals surface area (Å²) in [7, 11) is -3.48. The second-order valence-corrected chi connectivity index (χ2v) is 6.57. The molecule has 0 fully saturated rings. The predicted octanol–water partition coefficient (Wildman–Crippen LogP) is 2.32. The zero-order chi connectivity index (χ0) is 14.5. The van der Waals surface area contributed by atoms with Crippen LogP contribution >= 0.6 is 0 Å². The average molecular weight is 287 g/mol. The van der Waals surface area contributed by atoms with Gasteiger partial charge in [-0.1, -0.05) is 33.6 Å². The Hall–Kier alpha value is -0.880. The van der Waals surface area contributed by atoms with Crippen LogP contribution in [0.15, 0.2) is 11.2 Å². The Morgan fingerprint density at radius 3 is 2.47 bits per heavy atom. The topological polar surface area (TPSA) is 64.0 Å². The molecule has 0 saturated carbocycles. The lowest BCUT2D eigenvalue weighted by molar-refractivity contribution is 0.478. The molecule has 5 nitrogen and oxygen atoms in total. The number of hydrogen-bond donors (Lipinski definition) is 1. The van der Waals surface area contributed by atoms with Gasteiger partial charge in [-0.2, -0.15) is 0 Å². The van der Waals surface area contributed by atoms with E-state index in [1.165, 1.54) is 0 Å². The van der Waals surface area contributed by atoms with Crippen molar-refractivity contribution in [1.82, 2.24) is 14.3 Å². The first-order chi connectivity index (χ1) is 8.94. The van der Waals surface area contributed by atoms with Crippen LogP contribution < -0.4 is 4.72 Å². The molecule has 0 saturated heterocycles. The van der Waals surface area contributed by atoms with Crippen LogP contribution in [0, 0.1) is 12.8 Å². The van der Waals surface area contributed by atoms with Crippen molar-refractivity contribution in [2.24, 2.45) is 5.92 Å². The first kappa shape index (κ1) is 16.2. The SMILES string of the molecule is CCCn1cc(S(=O)(=O)NCC(CC)CC)nc1C. The molecule has 1 heterocycles. The highest BCUT2D eigenvalue weighted by molar-refractivity contribution is 7.89. The highest BCUT2D eigenvalue weighted by Gasteiger charge is 2.19. The van der Waals surface area contributed by atoms with Crippen LogP contribution in [-0.2, 0) is 16.6 Å². The van der Waals surface area contributed by atoms with E-state index in [4.69, 9.17) is 0 Å². The molecule has 1 aromatic rings. The number of aryl methyl sites for hydroxylation is 2. The number of imidazole rings is 1. The predicted molar refractivity (Wildman–Crippen MR) is 76.5 cm³/mol. The van der Waals surface area contributed by atoms with Gasteiger partial charge in [0.05, 0.1) is 0 Å². The van der Waals surface area contributed by atoms with Crippen LogP contribution in [0.1, 0.15) is 45.9 Å². The monoisotopic (exact) mass is 287 g/mol. The fourth-order valence-electron chi connectivity index (χ4n) is 1.95. The minimum atomic E-state index is -3.48. The second kappa shape index (κ2) is 7.05. The van der Waals surface area contributed by atoms with Gasteiger partial charge in [-0.25, -0.2) is 18.1 Å². The van der Waals surface area contributed by atoms with Crippen molar-refractivity contribution in [2.45, 2.75) is 58.5 Å². The Morgan fingerprint density at radius 1 is 1.32 bits per heavy atom. The van der Waals surface area contributed by atoms with Gasteiger partial charge in [-0.3, -0.25) is 0 Å². The van der Waals surface area contributed by atoms with Gasteiger partial charge in [0.25, 0.3) is 10.0 Å². The van der Waals surface area contributed by atoms with Crippen molar-refractivity contribution in [2.75, 3.05) is 6.54 Å². The summed E-state index contributed by atoms with van der Waals surface area (Å²) in [5, 5.41) is 0.129. The van der Waals surface area contributed by atoms with Crippen molar-refractivity contribution in [3.63, 3.8) is 0 Å². The zero-order valence-electron chi connectivity index (χ0n) is 12.3. The van der Waals surface area contributed by atoms with Gasteiger partial charge in [0, 0.05) is 19.3 Å². The molecule has 6 heteroatoms. The third-order valence-corrected chi connectivity index (χ3v) is 4.70. The summed E-state index contributed by atoms with van der Waals surface area (Å²) < 4.78 is 28.8. The summed E-state index contributed by atoms with van der Waals surface area (Å²) in [5.41, 5.74) is 0. The third-order valence-electron chi connectivity index (χ3n) is 3.41. The molecule has 0 aliphatic rings. The van der Waals surface area contributed by atoms with E-state index in [-0.39, 0.29) is 5.03 Å². The van der Waals surface area contributed by atoms with Gasteiger partial charge in [0.1, 0.15) is 5.82 Å². The largest absolute Gasteiger partial charge is 0.334 e. The van der Waals surface area contributed by atoms with E-state index in [9.17, 15) is 8.42 Å². The molecule has 1 aromatic heterocycles. The van der Waals surface area contributed by atoms with E-state index in [1.54, 1.807) is 6.20 Å². The van der Waals surface area contributed by atoms with E-state index in [0.717, 1.165) is 31.6 Å². The summed E-state index contributed by atoms with van der Waals surface area (Å²) in [5.74, 6) is 1.12. The molecule has 0 atom stereocenters. The molecule has 0 amide bonds. The first-order valence-corrected chi connectivity index (χ1v) is 8.46. The van der Waals surface area contributed by atoms with Crippen LogP contribution in [-0.4, -0.2) is 24.5 Å². The fourth-order valence-corrected chi connectivity index (χ4v) is 3.08. The number of aromatic nitrogens is 2. The molecular weight excluding hydrogens is 262 g/mol. The van der Waals surface area contributed by atoms with E-state index >= 15 is 0 Å². The molecule has 0 aromatic carbocycles. The van der Waals surface area contributed by atoms with Crippen molar-refractivity contribution in [3.05, 3.63) is 12.0 Å². The van der Waals surface area contributed by atoms with E-state index < -0.39 is 10.0 Å². The highest BCUT2D eigenvalue weighted by Crippen LogP contribution is 2.11. The van der Waals surface area contributed by atoms with Crippen molar-refractivity contribution in [3.8, 4) is 0 Å². The Morgan fingerprint density at radius 2 is 1.95 bits per heavy atom. The Bertz CT molecular complexity index is 490. The van der Waals surface area contributed by atoms with Crippen molar-refractivity contribution >= 4 is 10.0 Å². The summed E-state index contributed by atoms with van der Waals surface area (Å²) >= 11 is 0. The van der Waals surface area contributed by atoms with Crippen LogP contribution in [0.5, 0.6) is 0 Å². The van der Waals surface area contributed by atoms with E-state index in [2.05, 4.69) is 30.5 Å². The average Bonchev–Trinajstić information content (AvgIpc) is 2.74. The van der Waals surface area contributed by atoms with Gasteiger partial charge in [-0.15, -0.1) is 0 Å². The molecule has 110 valence electrons. The quantitative estimate of drug-likeness (QED) is 0.798. The molecule has 19 heavy (non-hydrogen) atoms. The molecule has 1 N–H and O–H groups in total. The van der Waals surface area contributed by atoms with Gasteiger partial charge in [0.2, 0.25) is 0 Å². The van der Waals surface area contributed by atoms with E-state index in [0.29, 0.717) is 12.5 Å². The standard InChI is InChI=1S/C13H25N3O2S/c1-5-8-16-10-13(15-11(16)4)19(17,18)14-9-12(6-2)7-3/h10,12,14H,5-9H2,1-4H3. The second-order valence-electron chi connectivity index (χ2n) is 4.85. The summed E-state index contributed by atoms with van der Waals surface area (Å²) in [6.07, 6.45) is 4.52. The Kier molecular flexibility index (Phi) is 6.00. The maximum atomic E-state index is 12.2. The van der Waals surface area contributed by atoms with Crippen molar-refractivity contribution in [1.29, 1.82) is 0 Å². The highest BCUT2D eigenvalue weighted by atomic mass is 32.2. The molecule has 0 aliphatic carbocycles. The van der Waals surface area contributed by atoms with Gasteiger partial charge in [-0.05, 0) is 19.3 Å². The molecular formula is C13H25N3O2S. The minimum Gasteiger partial charge on any atom is -0.334 e. The molecule has 0 spiro atoms. The number of nitrogens with zero attached hydrogens (tertiary/aromatic N) is 2.